The molecule has 1 aliphatic rings. The van der Waals surface area contributed by atoms with Gasteiger partial charge in [0, 0.05) is 67.4 Å². The molecule has 2 aromatic heterocycles. The second kappa shape index (κ2) is 7.57. The zero-order valence-corrected chi connectivity index (χ0v) is 17.3. The average Bonchev–Trinajstić information content (AvgIpc) is 2.98. The summed E-state index contributed by atoms with van der Waals surface area (Å²) in [4.78, 5) is 22.3. The minimum atomic E-state index is -0.0403. The third-order valence-electron chi connectivity index (χ3n) is 5.36. The Bertz CT molecular complexity index is 1410. The highest BCUT2D eigenvalue weighted by Crippen LogP contribution is 2.32. The number of fused-ring (bicyclic) bond motifs is 2. The number of hydrogen-bond donors (Lipinski definition) is 1. The highest BCUT2D eigenvalue weighted by molar-refractivity contribution is 5.97. The van der Waals surface area contributed by atoms with Crippen molar-refractivity contribution in [3.8, 4) is 11.1 Å². The molecule has 0 saturated heterocycles. The molecule has 0 fully saturated rings. The predicted molar refractivity (Wildman–Crippen MR) is 124 cm³/mol. The molecule has 2 aromatic carbocycles. The summed E-state index contributed by atoms with van der Waals surface area (Å²) in [7, 11) is 2.05. The number of nitrogens with zero attached hydrogens (tertiary/aromatic N) is 4. The minimum Gasteiger partial charge on any atom is -0.355 e. The Kier molecular flexibility index (Phi) is 4.59. The number of nitrogens with one attached hydrogen (secondary N) is 1. The van der Waals surface area contributed by atoms with E-state index in [2.05, 4.69) is 56.4 Å². The van der Waals surface area contributed by atoms with Gasteiger partial charge in [-0.05, 0) is 53.4 Å². The average molecular weight is 407 g/mol. The van der Waals surface area contributed by atoms with Crippen molar-refractivity contribution in [1.82, 2.24) is 19.4 Å². The van der Waals surface area contributed by atoms with Crippen LogP contribution in [-0.2, 0) is 11.8 Å². The van der Waals surface area contributed by atoms with Crippen LogP contribution in [0.2, 0.25) is 0 Å². The largest absolute Gasteiger partial charge is 0.355 e. The lowest BCUT2D eigenvalue weighted by Crippen LogP contribution is -2.15. The second-order valence-corrected chi connectivity index (χ2v) is 7.48. The molecule has 0 aliphatic carbocycles. The smallest absolute Gasteiger partial charge is 0.227 e. The number of carbonyl (C=O) groups excluding carboxylic acids is 1. The lowest BCUT2D eigenvalue weighted by Gasteiger charge is -2.13. The summed E-state index contributed by atoms with van der Waals surface area (Å²) < 4.78 is 2.11. The molecule has 0 radical (unpaired) electrons. The molecule has 0 atom stereocenters. The van der Waals surface area contributed by atoms with Crippen molar-refractivity contribution in [3.05, 3.63) is 91.3 Å². The minimum absolute atomic E-state index is 0.0403. The Balaban J connectivity index is 1.58. The van der Waals surface area contributed by atoms with Crippen LogP contribution >= 0.6 is 0 Å². The van der Waals surface area contributed by atoms with Gasteiger partial charge in [-0.3, -0.25) is 19.7 Å². The molecule has 0 spiro atoms. The maximum absolute atomic E-state index is 11.6. The summed E-state index contributed by atoms with van der Waals surface area (Å²) in [6, 6.07) is 12.6. The van der Waals surface area contributed by atoms with Crippen LogP contribution < -0.4 is 5.32 Å². The Labute approximate surface area is 179 Å². The first-order chi connectivity index (χ1) is 15.1. The van der Waals surface area contributed by atoms with E-state index < -0.39 is 0 Å². The van der Waals surface area contributed by atoms with Gasteiger partial charge in [0.1, 0.15) is 0 Å². The molecule has 4 aromatic rings. The van der Waals surface area contributed by atoms with Crippen LogP contribution in [0.1, 0.15) is 6.92 Å². The summed E-state index contributed by atoms with van der Waals surface area (Å²) in [5.74, 6) is -0.0403. The summed E-state index contributed by atoms with van der Waals surface area (Å²) in [6.45, 7) is 1.53. The van der Waals surface area contributed by atoms with Gasteiger partial charge in [0.2, 0.25) is 5.91 Å². The van der Waals surface area contributed by atoms with Crippen molar-refractivity contribution < 1.29 is 4.79 Å². The Morgan fingerprint density at radius 2 is 1.90 bits per heavy atom. The summed E-state index contributed by atoms with van der Waals surface area (Å²) >= 11 is 0. The molecule has 31 heavy (non-hydrogen) atoms. The normalized spacial score (nSPS) is 13.5. The van der Waals surface area contributed by atoms with Crippen molar-refractivity contribution in [2.45, 2.75) is 6.92 Å². The van der Waals surface area contributed by atoms with Crippen LogP contribution in [0.25, 0.3) is 33.1 Å². The van der Waals surface area contributed by atoms with Gasteiger partial charge in [-0.25, -0.2) is 0 Å². The molecule has 6 heteroatoms. The van der Waals surface area contributed by atoms with E-state index in [0.717, 1.165) is 39.1 Å². The van der Waals surface area contributed by atoms with Crippen LogP contribution in [0, 0.1) is 0 Å². The van der Waals surface area contributed by atoms with Crippen LogP contribution in [0.3, 0.4) is 0 Å². The summed E-state index contributed by atoms with van der Waals surface area (Å²) in [5, 5.41) is 4.64. The molecule has 1 N–H and O–H groups in total. The van der Waals surface area contributed by atoms with Crippen molar-refractivity contribution in [3.63, 3.8) is 0 Å². The maximum Gasteiger partial charge on any atom is 0.227 e. The first-order valence-corrected chi connectivity index (χ1v) is 10.0. The molecule has 1 aliphatic heterocycles. The van der Waals surface area contributed by atoms with Gasteiger partial charge in [-0.2, -0.15) is 0 Å². The third-order valence-corrected chi connectivity index (χ3v) is 5.36. The number of aryl methyl sites for hydroxylation is 1. The van der Waals surface area contributed by atoms with E-state index in [-0.39, 0.29) is 5.91 Å². The van der Waals surface area contributed by atoms with Crippen LogP contribution in [-0.4, -0.2) is 25.3 Å². The molecule has 0 unspecified atom stereocenters. The highest BCUT2D eigenvalue weighted by atomic mass is 16.2. The zero-order chi connectivity index (χ0) is 21.4. The lowest BCUT2D eigenvalue weighted by molar-refractivity contribution is -0.124. The fourth-order valence-corrected chi connectivity index (χ4v) is 3.76. The summed E-state index contributed by atoms with van der Waals surface area (Å²) in [5.41, 5.74) is 6.69. The fraction of sp³-hybridized carbons (Fsp3) is 0.0800. The Morgan fingerprint density at radius 3 is 2.77 bits per heavy atom. The van der Waals surface area contributed by atoms with Gasteiger partial charge >= 0.3 is 0 Å². The quantitative estimate of drug-likeness (QED) is 0.521. The number of aromatic nitrogens is 3. The molecular weight excluding hydrogens is 386 g/mol. The standard InChI is InChI=1S/C25H21N5O/c1-17(31)30-11-3-4-20(8-13-30)28-21-15-22(25-23(16-21)26-9-10-27-25)19-6-5-18-7-12-29(2)24(18)14-19/h3-16,28H,1-2H3. The lowest BCUT2D eigenvalue weighted by atomic mass is 10.0. The number of hydrogen-bond acceptors (Lipinski definition) is 4. The number of benzene rings is 2. The maximum atomic E-state index is 11.6. The van der Waals surface area contributed by atoms with E-state index in [1.807, 2.05) is 31.3 Å². The molecule has 1 amide bonds. The van der Waals surface area contributed by atoms with Gasteiger partial charge in [-0.1, -0.05) is 12.1 Å². The molecule has 5 rings (SSSR count). The molecule has 152 valence electrons. The van der Waals surface area contributed by atoms with Crippen LogP contribution in [0.5, 0.6) is 0 Å². The van der Waals surface area contributed by atoms with Gasteiger partial charge < -0.3 is 9.88 Å². The summed E-state index contributed by atoms with van der Waals surface area (Å²) in [6.07, 6.45) is 14.6. The molecule has 0 saturated carbocycles. The third kappa shape index (κ3) is 3.59. The fourth-order valence-electron chi connectivity index (χ4n) is 3.76. The highest BCUT2D eigenvalue weighted by Gasteiger charge is 2.11. The number of allylic oxidation sites excluding steroid dienone is 3. The topological polar surface area (TPSA) is 63.1 Å². The van der Waals surface area contributed by atoms with E-state index in [4.69, 9.17) is 0 Å². The first kappa shape index (κ1) is 18.8. The number of carbonyl (C=O) groups is 1. The van der Waals surface area contributed by atoms with E-state index >= 15 is 0 Å². The number of anilines is 1. The van der Waals surface area contributed by atoms with Gasteiger partial charge in [0.25, 0.3) is 0 Å². The number of amides is 1. The van der Waals surface area contributed by atoms with E-state index in [0.29, 0.717) is 0 Å². The molecule has 0 bridgehead atoms. The van der Waals surface area contributed by atoms with Crippen molar-refractivity contribution in [2.24, 2.45) is 7.05 Å². The van der Waals surface area contributed by atoms with Gasteiger partial charge in [0.05, 0.1) is 11.0 Å². The molecule has 6 nitrogen and oxygen atoms in total. The molecule has 3 heterocycles. The van der Waals surface area contributed by atoms with Crippen LogP contribution in [0.4, 0.5) is 5.69 Å². The zero-order valence-electron chi connectivity index (χ0n) is 17.3. The van der Waals surface area contributed by atoms with Crippen molar-refractivity contribution >= 4 is 33.5 Å². The monoisotopic (exact) mass is 407 g/mol. The first-order valence-electron chi connectivity index (χ1n) is 10.0. The molecular formula is C25H21N5O. The van der Waals surface area contributed by atoms with Crippen LogP contribution in [0.15, 0.2) is 91.3 Å². The van der Waals surface area contributed by atoms with Crippen molar-refractivity contribution in [2.75, 3.05) is 5.32 Å². The Hall–Kier alpha value is -4.19. The van der Waals surface area contributed by atoms with E-state index in [1.54, 1.807) is 24.8 Å². The number of rotatable bonds is 3. The SMILES string of the molecule is CC(=O)N1C=CC=C(Nc2cc(-c3ccc4ccn(C)c4c3)c3nccnc3c2)C=C1. The van der Waals surface area contributed by atoms with Gasteiger partial charge in [0.15, 0.2) is 0 Å². The van der Waals surface area contributed by atoms with Crippen molar-refractivity contribution in [1.29, 1.82) is 0 Å². The Morgan fingerprint density at radius 1 is 1.03 bits per heavy atom. The predicted octanol–water partition coefficient (Wildman–Crippen LogP) is 4.97. The van der Waals surface area contributed by atoms with Gasteiger partial charge in [-0.15, -0.1) is 0 Å². The van der Waals surface area contributed by atoms with E-state index in [1.165, 1.54) is 17.2 Å². The van der Waals surface area contributed by atoms with E-state index in [9.17, 15) is 4.79 Å². The second-order valence-electron chi connectivity index (χ2n) is 7.48.